The van der Waals surface area contributed by atoms with Crippen molar-refractivity contribution in [3.05, 3.63) is 21.4 Å². The minimum atomic E-state index is -0.790. The predicted molar refractivity (Wildman–Crippen MR) is 77.2 cm³/mol. The molecule has 0 saturated carbocycles. The van der Waals surface area contributed by atoms with Crippen molar-refractivity contribution in [2.45, 2.75) is 32.6 Å². The summed E-state index contributed by atoms with van der Waals surface area (Å²) in [7, 11) is 0. The number of amides is 1. The number of carbonyl (C=O) groups excluding carboxylic acids is 1. The van der Waals surface area contributed by atoms with Gasteiger partial charge in [-0.2, -0.15) is 0 Å². The van der Waals surface area contributed by atoms with E-state index in [4.69, 9.17) is 5.11 Å². The summed E-state index contributed by atoms with van der Waals surface area (Å²) in [6, 6.07) is 0. The Morgan fingerprint density at radius 3 is 2.90 bits per heavy atom. The fourth-order valence-corrected chi connectivity index (χ4v) is 4.41. The van der Waals surface area contributed by atoms with Crippen LogP contribution >= 0.6 is 11.3 Å². The van der Waals surface area contributed by atoms with Crippen molar-refractivity contribution in [1.82, 2.24) is 4.90 Å². The molecule has 20 heavy (non-hydrogen) atoms. The maximum absolute atomic E-state index is 12.6. The van der Waals surface area contributed by atoms with Crippen molar-refractivity contribution in [3.63, 3.8) is 0 Å². The quantitative estimate of drug-likeness (QED) is 0.911. The molecule has 0 spiro atoms. The third kappa shape index (κ3) is 2.35. The largest absolute Gasteiger partial charge is 0.481 e. The molecule has 1 aromatic heterocycles. The van der Waals surface area contributed by atoms with Gasteiger partial charge >= 0.3 is 5.97 Å². The molecule has 0 bridgehead atoms. The summed E-state index contributed by atoms with van der Waals surface area (Å²) < 4.78 is 0. The number of carboxylic acid groups (broad SMARTS) is 1. The second-order valence-electron chi connectivity index (χ2n) is 5.97. The standard InChI is InChI=1S/C15H19NO3S/c1-9-2-3-11-12(8-20-13(11)6-9)14(17)16-5-4-10(7-16)15(18)19/h8-10H,2-7H2,1H3,(H,18,19)/t9-,10-/m0/s1. The highest BCUT2D eigenvalue weighted by Crippen LogP contribution is 2.34. The molecule has 4 nitrogen and oxygen atoms in total. The van der Waals surface area contributed by atoms with E-state index in [0.29, 0.717) is 25.4 Å². The molecular weight excluding hydrogens is 274 g/mol. The molecule has 1 fully saturated rings. The topological polar surface area (TPSA) is 57.6 Å². The van der Waals surface area contributed by atoms with Crippen LogP contribution < -0.4 is 0 Å². The van der Waals surface area contributed by atoms with Gasteiger partial charge in [-0.05, 0) is 37.2 Å². The summed E-state index contributed by atoms with van der Waals surface area (Å²) in [4.78, 5) is 26.6. The summed E-state index contributed by atoms with van der Waals surface area (Å²) in [5.74, 6) is -0.456. The number of rotatable bonds is 2. The van der Waals surface area contributed by atoms with Crippen LogP contribution in [0.15, 0.2) is 5.38 Å². The van der Waals surface area contributed by atoms with Crippen molar-refractivity contribution in [2.75, 3.05) is 13.1 Å². The Labute approximate surface area is 122 Å². The number of fused-ring (bicyclic) bond motifs is 1. The number of hydrogen-bond donors (Lipinski definition) is 1. The van der Waals surface area contributed by atoms with E-state index in [1.165, 1.54) is 10.4 Å². The number of hydrogen-bond acceptors (Lipinski definition) is 3. The van der Waals surface area contributed by atoms with Gasteiger partial charge in [0.1, 0.15) is 0 Å². The lowest BCUT2D eigenvalue weighted by molar-refractivity contribution is -0.141. The van der Waals surface area contributed by atoms with Crippen molar-refractivity contribution in [2.24, 2.45) is 11.8 Å². The lowest BCUT2D eigenvalue weighted by Crippen LogP contribution is -2.30. The van der Waals surface area contributed by atoms with E-state index >= 15 is 0 Å². The van der Waals surface area contributed by atoms with Gasteiger partial charge in [0.2, 0.25) is 0 Å². The molecule has 108 valence electrons. The SMILES string of the molecule is C[C@H]1CCc2c(C(=O)N3CC[C@H](C(=O)O)C3)csc2C1. The molecule has 1 amide bonds. The second-order valence-corrected chi connectivity index (χ2v) is 6.94. The number of likely N-dealkylation sites (tertiary alicyclic amines) is 1. The van der Waals surface area contributed by atoms with E-state index in [0.717, 1.165) is 24.8 Å². The van der Waals surface area contributed by atoms with Crippen molar-refractivity contribution in [1.29, 1.82) is 0 Å². The molecule has 3 rings (SSSR count). The molecule has 0 unspecified atom stereocenters. The van der Waals surface area contributed by atoms with E-state index in [1.807, 2.05) is 5.38 Å². The zero-order chi connectivity index (χ0) is 14.3. The minimum absolute atomic E-state index is 0.0285. The van der Waals surface area contributed by atoms with Crippen molar-refractivity contribution in [3.8, 4) is 0 Å². The Hall–Kier alpha value is -1.36. The maximum Gasteiger partial charge on any atom is 0.308 e. The van der Waals surface area contributed by atoms with Crippen LogP contribution in [0.2, 0.25) is 0 Å². The van der Waals surface area contributed by atoms with E-state index < -0.39 is 11.9 Å². The van der Waals surface area contributed by atoms with Gasteiger partial charge in [-0.3, -0.25) is 9.59 Å². The first kappa shape index (κ1) is 13.6. The fraction of sp³-hybridized carbons (Fsp3) is 0.600. The van der Waals surface area contributed by atoms with Gasteiger partial charge in [0.25, 0.3) is 5.91 Å². The smallest absolute Gasteiger partial charge is 0.308 e. The first-order valence-electron chi connectivity index (χ1n) is 7.17. The number of aliphatic carboxylic acids is 1. The number of thiophene rings is 1. The Balaban J connectivity index is 1.77. The van der Waals surface area contributed by atoms with E-state index in [9.17, 15) is 9.59 Å². The van der Waals surface area contributed by atoms with Gasteiger partial charge in [0.15, 0.2) is 0 Å². The lowest BCUT2D eigenvalue weighted by Gasteiger charge is -2.21. The summed E-state index contributed by atoms with van der Waals surface area (Å²) in [5, 5.41) is 11.0. The van der Waals surface area contributed by atoms with Gasteiger partial charge in [0.05, 0.1) is 11.5 Å². The van der Waals surface area contributed by atoms with Crippen LogP contribution in [0.3, 0.4) is 0 Å². The fourth-order valence-electron chi connectivity index (χ4n) is 3.17. The Bertz CT molecular complexity index is 551. The van der Waals surface area contributed by atoms with Gasteiger partial charge in [-0.1, -0.05) is 6.92 Å². The lowest BCUT2D eigenvalue weighted by atomic mass is 9.88. The van der Waals surface area contributed by atoms with Crippen LogP contribution in [-0.2, 0) is 17.6 Å². The molecule has 0 aromatic carbocycles. The number of nitrogens with zero attached hydrogens (tertiary/aromatic N) is 1. The maximum atomic E-state index is 12.6. The zero-order valence-corrected chi connectivity index (χ0v) is 12.4. The molecule has 0 radical (unpaired) electrons. The van der Waals surface area contributed by atoms with Crippen molar-refractivity contribution >= 4 is 23.2 Å². The van der Waals surface area contributed by atoms with Crippen molar-refractivity contribution < 1.29 is 14.7 Å². The summed E-state index contributed by atoms with van der Waals surface area (Å²) >= 11 is 1.69. The van der Waals surface area contributed by atoms with Crippen LogP contribution in [0.1, 0.15) is 40.6 Å². The monoisotopic (exact) mass is 293 g/mol. The van der Waals surface area contributed by atoms with E-state index in [-0.39, 0.29) is 5.91 Å². The summed E-state index contributed by atoms with van der Waals surface area (Å²) in [6.07, 6.45) is 3.77. The molecule has 1 aliphatic heterocycles. The van der Waals surface area contributed by atoms with Gasteiger partial charge in [0, 0.05) is 23.3 Å². The Morgan fingerprint density at radius 1 is 1.40 bits per heavy atom. The number of carbonyl (C=O) groups is 2. The van der Waals surface area contributed by atoms with Crippen LogP contribution in [0, 0.1) is 11.8 Å². The highest BCUT2D eigenvalue weighted by atomic mass is 32.1. The van der Waals surface area contributed by atoms with E-state index in [2.05, 4.69) is 6.92 Å². The average Bonchev–Trinajstić information content (AvgIpc) is 3.04. The normalized spacial score (nSPS) is 25.6. The summed E-state index contributed by atoms with van der Waals surface area (Å²) in [5.41, 5.74) is 2.04. The predicted octanol–water partition coefficient (Wildman–Crippen LogP) is 2.42. The highest BCUT2D eigenvalue weighted by Gasteiger charge is 2.33. The third-order valence-electron chi connectivity index (χ3n) is 4.46. The van der Waals surface area contributed by atoms with Gasteiger partial charge < -0.3 is 10.0 Å². The first-order valence-corrected chi connectivity index (χ1v) is 8.05. The van der Waals surface area contributed by atoms with Crippen LogP contribution in [-0.4, -0.2) is 35.0 Å². The summed E-state index contributed by atoms with van der Waals surface area (Å²) in [6.45, 7) is 3.17. The molecule has 1 N–H and O–H groups in total. The minimum Gasteiger partial charge on any atom is -0.481 e. The molecule has 5 heteroatoms. The highest BCUT2D eigenvalue weighted by molar-refractivity contribution is 7.10. The van der Waals surface area contributed by atoms with Crippen LogP contribution in [0.5, 0.6) is 0 Å². The van der Waals surface area contributed by atoms with Gasteiger partial charge in [-0.25, -0.2) is 0 Å². The molecule has 1 saturated heterocycles. The Morgan fingerprint density at radius 2 is 2.20 bits per heavy atom. The molecule has 2 aliphatic rings. The second kappa shape index (κ2) is 5.20. The molecular formula is C15H19NO3S. The first-order chi connectivity index (χ1) is 9.56. The molecule has 1 aromatic rings. The third-order valence-corrected chi connectivity index (χ3v) is 5.51. The Kier molecular flexibility index (Phi) is 3.54. The number of carboxylic acids is 1. The van der Waals surface area contributed by atoms with Crippen LogP contribution in [0.25, 0.3) is 0 Å². The van der Waals surface area contributed by atoms with Crippen LogP contribution in [0.4, 0.5) is 0 Å². The molecule has 2 heterocycles. The van der Waals surface area contributed by atoms with Gasteiger partial charge in [-0.15, -0.1) is 11.3 Å². The molecule has 2 atom stereocenters. The van der Waals surface area contributed by atoms with E-state index in [1.54, 1.807) is 16.2 Å². The molecule has 1 aliphatic carbocycles. The average molecular weight is 293 g/mol. The zero-order valence-electron chi connectivity index (χ0n) is 11.6.